The molecule has 3 heterocycles. The van der Waals surface area contributed by atoms with Crippen molar-refractivity contribution in [2.45, 2.75) is 80.1 Å². The van der Waals surface area contributed by atoms with Crippen molar-refractivity contribution in [1.29, 1.82) is 0 Å². The van der Waals surface area contributed by atoms with Crippen LogP contribution >= 0.6 is 34.4 Å². The molecule has 244 valence electrons. The number of halogens is 2. The molecule has 0 aliphatic carbocycles. The van der Waals surface area contributed by atoms with E-state index in [9.17, 15) is 0 Å². The van der Waals surface area contributed by atoms with E-state index in [0.29, 0.717) is 23.0 Å². The summed E-state index contributed by atoms with van der Waals surface area (Å²) in [5.74, 6) is 0.932. The molecular formula is C40H42F2N2S3. The van der Waals surface area contributed by atoms with Crippen molar-refractivity contribution < 1.29 is 8.78 Å². The summed E-state index contributed by atoms with van der Waals surface area (Å²) in [6, 6.07) is 19.6. The maximum atomic E-state index is 15.4. The second kappa shape index (κ2) is 14.5. The van der Waals surface area contributed by atoms with Gasteiger partial charge in [-0.3, -0.25) is 0 Å². The molecule has 0 saturated heterocycles. The minimum absolute atomic E-state index is 0.172. The number of nitrogens with zero attached hydrogens (tertiary/aromatic N) is 2. The van der Waals surface area contributed by atoms with Gasteiger partial charge < -0.3 is 0 Å². The predicted molar refractivity (Wildman–Crippen MR) is 200 cm³/mol. The van der Waals surface area contributed by atoms with Crippen molar-refractivity contribution >= 4 is 45.4 Å². The van der Waals surface area contributed by atoms with Crippen LogP contribution in [-0.2, 0) is 12.8 Å². The lowest BCUT2D eigenvalue weighted by atomic mass is 9.94. The van der Waals surface area contributed by atoms with Gasteiger partial charge in [0, 0.05) is 41.8 Å². The average Bonchev–Trinajstić information content (AvgIpc) is 3.85. The zero-order valence-electron chi connectivity index (χ0n) is 28.0. The number of aryl methyl sites for hydroxylation is 2. The number of rotatable bonds is 12. The summed E-state index contributed by atoms with van der Waals surface area (Å²) in [4.78, 5) is 3.90. The van der Waals surface area contributed by atoms with Gasteiger partial charge in [0.25, 0.3) is 0 Å². The number of thiophene rings is 2. The quantitative estimate of drug-likeness (QED) is 0.128. The highest BCUT2D eigenvalue weighted by atomic mass is 32.1. The molecule has 0 saturated carbocycles. The van der Waals surface area contributed by atoms with Gasteiger partial charge in [0.05, 0.1) is 11.7 Å². The molecule has 0 amide bonds. The van der Waals surface area contributed by atoms with Crippen LogP contribution in [-0.4, -0.2) is 8.75 Å². The first-order valence-corrected chi connectivity index (χ1v) is 19.1. The van der Waals surface area contributed by atoms with E-state index in [0.717, 1.165) is 102 Å². The molecule has 0 spiro atoms. The van der Waals surface area contributed by atoms with E-state index >= 15 is 8.78 Å². The minimum atomic E-state index is -0.172. The molecule has 0 fully saturated rings. The molecule has 3 aromatic carbocycles. The van der Waals surface area contributed by atoms with Crippen LogP contribution < -0.4 is 0 Å². The summed E-state index contributed by atoms with van der Waals surface area (Å²) in [6.45, 7) is 13.2. The number of hydrogen-bond acceptors (Lipinski definition) is 5. The van der Waals surface area contributed by atoms with E-state index in [1.165, 1.54) is 11.7 Å². The first kappa shape index (κ1) is 33.6. The molecule has 7 heteroatoms. The maximum absolute atomic E-state index is 15.4. The zero-order valence-corrected chi connectivity index (χ0v) is 30.5. The van der Waals surface area contributed by atoms with E-state index in [2.05, 4.69) is 65.8 Å². The Balaban J connectivity index is 1.30. The highest BCUT2D eigenvalue weighted by Gasteiger charge is 2.23. The van der Waals surface area contributed by atoms with Crippen LogP contribution in [0.25, 0.3) is 52.8 Å². The molecule has 3 aromatic heterocycles. The first-order chi connectivity index (χ1) is 22.7. The van der Waals surface area contributed by atoms with E-state index in [-0.39, 0.29) is 11.6 Å². The van der Waals surface area contributed by atoms with Gasteiger partial charge in [0.15, 0.2) is 0 Å². The smallest absolute Gasteiger partial charge is 0.132 e. The Morgan fingerprint density at radius 1 is 0.596 bits per heavy atom. The van der Waals surface area contributed by atoms with Crippen LogP contribution in [0.2, 0.25) is 0 Å². The molecule has 0 radical (unpaired) electrons. The number of fused-ring (bicyclic) bond motifs is 1. The molecule has 6 rings (SSSR count). The fourth-order valence-electron chi connectivity index (χ4n) is 6.15. The van der Waals surface area contributed by atoms with Gasteiger partial charge in [-0.15, -0.1) is 22.7 Å². The summed E-state index contributed by atoms with van der Waals surface area (Å²) in [5.41, 5.74) is 9.43. The number of hydrogen-bond donors (Lipinski definition) is 0. The Hall–Kier alpha value is -3.26. The van der Waals surface area contributed by atoms with Gasteiger partial charge >= 0.3 is 0 Å². The van der Waals surface area contributed by atoms with E-state index in [1.54, 1.807) is 34.8 Å². The molecule has 2 nitrogen and oxygen atoms in total. The van der Waals surface area contributed by atoms with E-state index in [1.807, 2.05) is 24.3 Å². The summed E-state index contributed by atoms with van der Waals surface area (Å²) >= 11 is 4.39. The molecular weight excluding hydrogens is 643 g/mol. The molecule has 6 aromatic rings. The second-order valence-electron chi connectivity index (χ2n) is 13.0. The third kappa shape index (κ3) is 6.99. The summed E-state index contributed by atoms with van der Waals surface area (Å²) in [6.07, 6.45) is 6.21. The van der Waals surface area contributed by atoms with Gasteiger partial charge in [-0.1, -0.05) is 64.8 Å². The second-order valence-corrected chi connectivity index (χ2v) is 15.7. The van der Waals surface area contributed by atoms with Gasteiger partial charge in [-0.25, -0.2) is 8.78 Å². The molecule has 0 aliphatic rings. The minimum Gasteiger partial charge on any atom is -0.206 e. The van der Waals surface area contributed by atoms with Crippen LogP contribution in [0.5, 0.6) is 0 Å². The Kier molecular flexibility index (Phi) is 10.4. The van der Waals surface area contributed by atoms with Crippen LogP contribution in [0.1, 0.15) is 75.6 Å². The lowest BCUT2D eigenvalue weighted by Crippen LogP contribution is -1.96. The molecule has 2 unspecified atom stereocenters. The maximum Gasteiger partial charge on any atom is 0.132 e. The number of aromatic nitrogens is 2. The summed E-state index contributed by atoms with van der Waals surface area (Å²) < 4.78 is 40.2. The van der Waals surface area contributed by atoms with Crippen molar-refractivity contribution in [2.75, 3.05) is 0 Å². The van der Waals surface area contributed by atoms with Gasteiger partial charge in [-0.2, -0.15) is 8.75 Å². The molecule has 2 atom stereocenters. The SMILES string of the molecule is CCC(C)CCc1ccc(-c2ccc(-c3c(C)c(C)c(-c4ccc(-c5ccc(CCC(C)CC)cc5F)s4)c4nsnc34)s2)c(F)c1. The third-order valence-corrected chi connectivity index (χ3v) is 12.6. The van der Waals surface area contributed by atoms with Crippen molar-refractivity contribution in [1.82, 2.24) is 8.75 Å². The topological polar surface area (TPSA) is 25.8 Å². The highest BCUT2D eigenvalue weighted by Crippen LogP contribution is 2.46. The summed E-state index contributed by atoms with van der Waals surface area (Å²) in [5, 5.41) is 0. The van der Waals surface area contributed by atoms with Crippen molar-refractivity contribution in [2.24, 2.45) is 11.8 Å². The lowest BCUT2D eigenvalue weighted by Gasteiger charge is -2.13. The van der Waals surface area contributed by atoms with Crippen molar-refractivity contribution in [3.8, 4) is 41.8 Å². The standard InChI is InChI=1S/C40H42F2N2S3/c1-7-23(3)9-11-27-13-15-29(31(41)21-27)33-17-19-35(45-33)37-25(5)26(6)38(40-39(37)43-47-44-40)36-20-18-34(46-36)30-16-14-28(22-32(30)42)12-10-24(4)8-2/h13-24H,7-12H2,1-6H3. The Labute approximate surface area is 289 Å². The van der Waals surface area contributed by atoms with Gasteiger partial charge in [0.1, 0.15) is 22.7 Å². The molecule has 0 N–H and O–H groups in total. The predicted octanol–water partition coefficient (Wildman–Crippen LogP) is 13.3. The molecule has 0 bridgehead atoms. The van der Waals surface area contributed by atoms with Crippen LogP contribution in [0.3, 0.4) is 0 Å². The Morgan fingerprint density at radius 3 is 1.38 bits per heavy atom. The highest BCUT2D eigenvalue weighted by molar-refractivity contribution is 7.19. The third-order valence-electron chi connectivity index (χ3n) is 9.82. The van der Waals surface area contributed by atoms with Crippen molar-refractivity contribution in [3.63, 3.8) is 0 Å². The normalized spacial score (nSPS) is 13.0. The largest absolute Gasteiger partial charge is 0.206 e. The lowest BCUT2D eigenvalue weighted by molar-refractivity contribution is 0.515. The number of benzene rings is 3. The molecule has 47 heavy (non-hydrogen) atoms. The van der Waals surface area contributed by atoms with Gasteiger partial charge in [-0.05, 0) is 110 Å². The molecule has 0 aliphatic heterocycles. The van der Waals surface area contributed by atoms with Crippen LogP contribution in [0, 0.1) is 37.3 Å². The van der Waals surface area contributed by atoms with Gasteiger partial charge in [0.2, 0.25) is 0 Å². The Bertz CT molecular complexity index is 1880. The first-order valence-electron chi connectivity index (χ1n) is 16.7. The fourth-order valence-corrected chi connectivity index (χ4v) is 8.98. The van der Waals surface area contributed by atoms with Crippen molar-refractivity contribution in [3.05, 3.63) is 94.6 Å². The van der Waals surface area contributed by atoms with E-state index < -0.39 is 0 Å². The average molecular weight is 685 g/mol. The Morgan fingerprint density at radius 2 is 1.00 bits per heavy atom. The zero-order chi connectivity index (χ0) is 33.2. The summed E-state index contributed by atoms with van der Waals surface area (Å²) in [7, 11) is 0. The van der Waals surface area contributed by atoms with E-state index in [4.69, 9.17) is 8.75 Å². The van der Waals surface area contributed by atoms with Crippen LogP contribution in [0.15, 0.2) is 60.7 Å². The van der Waals surface area contributed by atoms with Crippen LogP contribution in [0.4, 0.5) is 8.78 Å². The monoisotopic (exact) mass is 684 g/mol. The fraction of sp³-hybridized carbons (Fsp3) is 0.350.